The van der Waals surface area contributed by atoms with E-state index < -0.39 is 5.60 Å². The van der Waals surface area contributed by atoms with Crippen molar-refractivity contribution in [3.05, 3.63) is 17.0 Å². The van der Waals surface area contributed by atoms with Crippen LogP contribution in [0.5, 0.6) is 0 Å². The minimum absolute atomic E-state index is 0.198. The van der Waals surface area contributed by atoms with Crippen molar-refractivity contribution >= 4 is 6.03 Å². The third-order valence-corrected chi connectivity index (χ3v) is 3.88. The van der Waals surface area contributed by atoms with Gasteiger partial charge in [0.05, 0.1) is 17.3 Å². The van der Waals surface area contributed by atoms with Crippen LogP contribution in [0.1, 0.15) is 69.5 Å². The Bertz CT molecular complexity index is 459. The minimum atomic E-state index is -0.826. The summed E-state index contributed by atoms with van der Waals surface area (Å²) in [5, 5.41) is 20.0. The van der Waals surface area contributed by atoms with E-state index in [1.54, 1.807) is 0 Å². The van der Waals surface area contributed by atoms with Crippen LogP contribution in [0.3, 0.4) is 0 Å². The van der Waals surface area contributed by atoms with Crippen molar-refractivity contribution < 1.29 is 14.4 Å². The highest BCUT2D eigenvalue weighted by Crippen LogP contribution is 2.21. The number of nitrogens with one attached hydrogen (secondary N) is 2. The summed E-state index contributed by atoms with van der Waals surface area (Å²) >= 11 is 0. The quantitative estimate of drug-likeness (QED) is 0.688. The first-order valence-corrected chi connectivity index (χ1v) is 8.02. The molecule has 0 saturated carbocycles. The normalized spacial score (nSPS) is 13.0. The lowest BCUT2D eigenvalue weighted by Gasteiger charge is -2.28. The monoisotopic (exact) mass is 311 g/mol. The number of nitrogens with zero attached hydrogens (tertiary/aromatic N) is 1. The number of hydrogen-bond acceptors (Lipinski definition) is 4. The second kappa shape index (κ2) is 8.17. The topological polar surface area (TPSA) is 87.4 Å². The van der Waals surface area contributed by atoms with Gasteiger partial charge in [0, 0.05) is 12.1 Å². The lowest BCUT2D eigenvalue weighted by atomic mass is 9.93. The molecule has 0 aromatic carbocycles. The van der Waals surface area contributed by atoms with Gasteiger partial charge in [-0.05, 0) is 33.6 Å². The van der Waals surface area contributed by atoms with Gasteiger partial charge in [-0.1, -0.05) is 31.8 Å². The molecular weight excluding hydrogens is 282 g/mol. The molecule has 1 unspecified atom stereocenters. The van der Waals surface area contributed by atoms with Gasteiger partial charge in [0.1, 0.15) is 5.76 Å². The van der Waals surface area contributed by atoms with E-state index in [0.717, 1.165) is 24.1 Å². The first kappa shape index (κ1) is 18.5. The van der Waals surface area contributed by atoms with E-state index in [4.69, 9.17) is 4.52 Å². The highest BCUT2D eigenvalue weighted by molar-refractivity contribution is 5.74. The van der Waals surface area contributed by atoms with Gasteiger partial charge in [0.15, 0.2) is 0 Å². The van der Waals surface area contributed by atoms with Crippen molar-refractivity contribution in [2.45, 2.75) is 71.9 Å². The van der Waals surface area contributed by atoms with Crippen LogP contribution >= 0.6 is 0 Å². The average Bonchev–Trinajstić information content (AvgIpc) is 2.76. The minimum Gasteiger partial charge on any atom is -0.388 e. The molecule has 0 spiro atoms. The second-order valence-corrected chi connectivity index (χ2v) is 6.01. The zero-order chi connectivity index (χ0) is 16.8. The van der Waals surface area contributed by atoms with E-state index in [-0.39, 0.29) is 18.6 Å². The predicted molar refractivity (Wildman–Crippen MR) is 85.7 cm³/mol. The number of hydrogen-bond donors (Lipinski definition) is 3. The molecule has 6 nitrogen and oxygen atoms in total. The molecule has 0 fully saturated rings. The zero-order valence-electron chi connectivity index (χ0n) is 14.3. The maximum absolute atomic E-state index is 12.0. The van der Waals surface area contributed by atoms with Gasteiger partial charge in [0.25, 0.3) is 0 Å². The van der Waals surface area contributed by atoms with Crippen molar-refractivity contribution in [2.24, 2.45) is 0 Å². The first-order valence-electron chi connectivity index (χ1n) is 8.02. The molecule has 0 aliphatic heterocycles. The van der Waals surface area contributed by atoms with E-state index >= 15 is 0 Å². The first-order chi connectivity index (χ1) is 10.3. The van der Waals surface area contributed by atoms with Crippen LogP contribution in [0.25, 0.3) is 0 Å². The van der Waals surface area contributed by atoms with Crippen LogP contribution < -0.4 is 10.6 Å². The van der Waals surface area contributed by atoms with Gasteiger partial charge in [-0.3, -0.25) is 0 Å². The molecule has 0 aliphatic rings. The van der Waals surface area contributed by atoms with E-state index in [9.17, 15) is 9.90 Å². The number of rotatable bonds is 8. The molecule has 126 valence electrons. The maximum atomic E-state index is 12.0. The van der Waals surface area contributed by atoms with E-state index in [1.165, 1.54) is 0 Å². The van der Waals surface area contributed by atoms with Gasteiger partial charge < -0.3 is 20.3 Å². The smallest absolute Gasteiger partial charge is 0.315 e. The summed E-state index contributed by atoms with van der Waals surface area (Å²) in [5.41, 5.74) is 0.846. The Morgan fingerprint density at radius 1 is 1.32 bits per heavy atom. The molecule has 3 N–H and O–H groups in total. The SMILES string of the molecule is CCCC(O)(CCC)CNC(=O)NC(C)c1c(C)noc1C. The third-order valence-electron chi connectivity index (χ3n) is 3.88. The Hall–Kier alpha value is -1.56. The van der Waals surface area contributed by atoms with Crippen LogP contribution in [0, 0.1) is 13.8 Å². The van der Waals surface area contributed by atoms with Crippen LogP contribution in [-0.4, -0.2) is 28.4 Å². The Kier molecular flexibility index (Phi) is 6.87. The molecule has 6 heteroatoms. The van der Waals surface area contributed by atoms with Gasteiger partial charge in [0.2, 0.25) is 0 Å². The molecule has 2 amide bonds. The molecule has 0 radical (unpaired) electrons. The fraction of sp³-hybridized carbons (Fsp3) is 0.750. The molecule has 1 aromatic rings. The molecule has 1 rings (SSSR count). The number of aromatic nitrogens is 1. The fourth-order valence-electron chi connectivity index (χ4n) is 2.91. The predicted octanol–water partition coefficient (Wildman–Crippen LogP) is 2.98. The summed E-state index contributed by atoms with van der Waals surface area (Å²) in [6.07, 6.45) is 3.13. The van der Waals surface area contributed by atoms with Crippen molar-refractivity contribution in [2.75, 3.05) is 6.54 Å². The van der Waals surface area contributed by atoms with E-state index in [0.29, 0.717) is 18.6 Å². The number of urea groups is 1. The largest absolute Gasteiger partial charge is 0.388 e. The summed E-state index contributed by atoms with van der Waals surface area (Å²) in [6, 6.07) is -0.491. The van der Waals surface area contributed by atoms with Crippen LogP contribution in [0.2, 0.25) is 0 Å². The molecule has 1 heterocycles. The van der Waals surface area contributed by atoms with Gasteiger partial charge in [-0.2, -0.15) is 0 Å². The van der Waals surface area contributed by atoms with Crippen LogP contribution in [-0.2, 0) is 0 Å². The highest BCUT2D eigenvalue weighted by Gasteiger charge is 2.26. The number of amides is 2. The summed E-state index contributed by atoms with van der Waals surface area (Å²) in [5.74, 6) is 0.707. The highest BCUT2D eigenvalue weighted by atomic mass is 16.5. The van der Waals surface area contributed by atoms with Crippen molar-refractivity contribution in [1.29, 1.82) is 0 Å². The summed E-state index contributed by atoms with van der Waals surface area (Å²) < 4.78 is 5.11. The van der Waals surface area contributed by atoms with Crippen molar-refractivity contribution in [1.82, 2.24) is 15.8 Å². The Morgan fingerprint density at radius 3 is 2.36 bits per heavy atom. The molecule has 1 aromatic heterocycles. The number of carbonyl (C=O) groups excluding carboxylic acids is 1. The molecule has 0 aliphatic carbocycles. The third kappa shape index (κ3) is 5.02. The van der Waals surface area contributed by atoms with Crippen LogP contribution in [0.15, 0.2) is 4.52 Å². The van der Waals surface area contributed by atoms with Crippen LogP contribution in [0.4, 0.5) is 4.79 Å². The summed E-state index contributed by atoms with van der Waals surface area (Å²) in [7, 11) is 0. The molecular formula is C16H29N3O3. The Balaban J connectivity index is 2.55. The maximum Gasteiger partial charge on any atom is 0.315 e. The standard InChI is InChI=1S/C16H29N3O3/c1-6-8-16(21,9-7-2)10-17-15(20)18-11(3)14-12(4)19-22-13(14)5/h11,21H,6-10H2,1-5H3,(H2,17,18,20). The summed E-state index contributed by atoms with van der Waals surface area (Å²) in [6.45, 7) is 9.88. The average molecular weight is 311 g/mol. The number of aliphatic hydroxyl groups is 1. The van der Waals surface area contributed by atoms with E-state index in [1.807, 2.05) is 34.6 Å². The lowest BCUT2D eigenvalue weighted by Crippen LogP contribution is -2.46. The number of aryl methyl sites for hydroxylation is 2. The second-order valence-electron chi connectivity index (χ2n) is 6.01. The summed E-state index contributed by atoms with van der Waals surface area (Å²) in [4.78, 5) is 12.0. The fourth-order valence-corrected chi connectivity index (χ4v) is 2.91. The van der Waals surface area contributed by atoms with Gasteiger partial charge >= 0.3 is 6.03 Å². The number of carbonyl (C=O) groups is 1. The molecule has 0 saturated heterocycles. The van der Waals surface area contributed by atoms with Gasteiger partial charge in [-0.25, -0.2) is 4.79 Å². The zero-order valence-corrected chi connectivity index (χ0v) is 14.3. The van der Waals surface area contributed by atoms with Crippen molar-refractivity contribution in [3.8, 4) is 0 Å². The Labute approximate surface area is 132 Å². The molecule has 0 bridgehead atoms. The van der Waals surface area contributed by atoms with Crippen molar-refractivity contribution in [3.63, 3.8) is 0 Å². The molecule has 22 heavy (non-hydrogen) atoms. The van der Waals surface area contributed by atoms with Gasteiger partial charge in [-0.15, -0.1) is 0 Å². The lowest BCUT2D eigenvalue weighted by molar-refractivity contribution is 0.0240. The van der Waals surface area contributed by atoms with E-state index in [2.05, 4.69) is 15.8 Å². The molecule has 1 atom stereocenters. The Morgan fingerprint density at radius 2 is 1.91 bits per heavy atom.